The van der Waals surface area contributed by atoms with Gasteiger partial charge in [0.15, 0.2) is 0 Å². The fraction of sp³-hybridized carbons (Fsp3) is 0.680. The van der Waals surface area contributed by atoms with Gasteiger partial charge in [0, 0.05) is 5.41 Å². The van der Waals surface area contributed by atoms with E-state index in [2.05, 4.69) is 63.8 Å². The van der Waals surface area contributed by atoms with Crippen molar-refractivity contribution in [2.75, 3.05) is 6.61 Å². The van der Waals surface area contributed by atoms with Crippen molar-refractivity contribution < 1.29 is 9.84 Å². The highest BCUT2D eigenvalue weighted by molar-refractivity contribution is 5.21. The van der Waals surface area contributed by atoms with Gasteiger partial charge in [-0.05, 0) is 49.5 Å². The van der Waals surface area contributed by atoms with Gasteiger partial charge in [0.05, 0.1) is 13.2 Å². The van der Waals surface area contributed by atoms with Crippen LogP contribution in [0.25, 0.3) is 0 Å². The molecule has 0 bridgehead atoms. The van der Waals surface area contributed by atoms with Crippen molar-refractivity contribution in [1.82, 2.24) is 0 Å². The number of hydrogen-bond donors (Lipinski definition) is 1. The van der Waals surface area contributed by atoms with Gasteiger partial charge >= 0.3 is 0 Å². The van der Waals surface area contributed by atoms with Gasteiger partial charge in [-0.1, -0.05) is 82.2 Å². The average molecular weight is 371 g/mol. The van der Waals surface area contributed by atoms with E-state index in [4.69, 9.17) is 4.74 Å². The molecule has 150 valence electrons. The Hall–Kier alpha value is -1.30. The lowest BCUT2D eigenvalue weighted by molar-refractivity contribution is 0.0319. The van der Waals surface area contributed by atoms with Crippen molar-refractivity contribution in [3.05, 3.63) is 35.9 Å². The highest BCUT2D eigenvalue weighted by Gasteiger charge is 2.50. The summed E-state index contributed by atoms with van der Waals surface area (Å²) in [6, 6.07) is 10.4. The molecule has 2 rings (SSSR count). The largest absolute Gasteiger partial charge is 0.380 e. The maximum Gasteiger partial charge on any atom is 0.114 e. The summed E-state index contributed by atoms with van der Waals surface area (Å²) in [5.41, 5.74) is 1.25. The van der Waals surface area contributed by atoms with Gasteiger partial charge in [-0.2, -0.15) is 0 Å². The third-order valence-electron chi connectivity index (χ3n) is 6.71. The van der Waals surface area contributed by atoms with Crippen LogP contribution in [0.3, 0.4) is 0 Å². The average Bonchev–Trinajstić information content (AvgIpc) is 2.88. The molecule has 1 fully saturated rings. The first-order chi connectivity index (χ1) is 12.9. The van der Waals surface area contributed by atoms with Crippen LogP contribution in [0.1, 0.15) is 78.2 Å². The molecule has 0 unspecified atom stereocenters. The van der Waals surface area contributed by atoms with Crippen LogP contribution in [-0.4, -0.2) is 17.8 Å². The highest BCUT2D eigenvalue weighted by Crippen LogP contribution is 2.55. The summed E-state index contributed by atoms with van der Waals surface area (Å²) >= 11 is 0. The van der Waals surface area contributed by atoms with Crippen molar-refractivity contribution in [2.45, 2.75) is 85.4 Å². The lowest BCUT2D eigenvalue weighted by Crippen LogP contribution is -2.35. The van der Waals surface area contributed by atoms with Gasteiger partial charge in [0.25, 0.3) is 0 Å². The Morgan fingerprint density at radius 1 is 1.15 bits per heavy atom. The molecule has 1 aliphatic rings. The van der Waals surface area contributed by atoms with E-state index in [1.165, 1.54) is 24.8 Å². The summed E-state index contributed by atoms with van der Waals surface area (Å²) in [6.07, 6.45) is 7.26. The molecule has 0 spiro atoms. The Morgan fingerprint density at radius 3 is 2.59 bits per heavy atom. The monoisotopic (exact) mass is 370 g/mol. The van der Waals surface area contributed by atoms with E-state index in [0.717, 1.165) is 32.3 Å². The summed E-state index contributed by atoms with van der Waals surface area (Å²) in [6.45, 7) is 10.6. The Kier molecular flexibility index (Phi) is 8.39. The van der Waals surface area contributed by atoms with E-state index in [1.807, 2.05) is 6.07 Å². The molecule has 3 atom stereocenters. The van der Waals surface area contributed by atoms with E-state index in [1.54, 1.807) is 0 Å². The van der Waals surface area contributed by atoms with Crippen LogP contribution in [0.2, 0.25) is 0 Å². The number of rotatable bonds is 9. The van der Waals surface area contributed by atoms with E-state index < -0.39 is 6.10 Å². The van der Waals surface area contributed by atoms with Crippen molar-refractivity contribution in [3.63, 3.8) is 0 Å². The summed E-state index contributed by atoms with van der Waals surface area (Å²) in [5, 5.41) is 10.2. The maximum atomic E-state index is 10.2. The summed E-state index contributed by atoms with van der Waals surface area (Å²) in [7, 11) is 0. The molecule has 2 nitrogen and oxygen atoms in total. The fourth-order valence-corrected chi connectivity index (χ4v) is 4.08. The maximum absolute atomic E-state index is 10.2. The van der Waals surface area contributed by atoms with Crippen LogP contribution in [0, 0.1) is 28.6 Å². The third-order valence-corrected chi connectivity index (χ3v) is 6.71. The van der Waals surface area contributed by atoms with E-state index in [9.17, 15) is 5.11 Å². The molecule has 27 heavy (non-hydrogen) atoms. The molecule has 1 saturated carbocycles. The molecule has 0 heterocycles. The number of aliphatic hydroxyl groups excluding tert-OH is 1. The first kappa shape index (κ1) is 22.0. The number of benzene rings is 1. The van der Waals surface area contributed by atoms with Gasteiger partial charge in [0.2, 0.25) is 0 Å². The summed E-state index contributed by atoms with van der Waals surface area (Å²) in [4.78, 5) is 0. The van der Waals surface area contributed by atoms with Crippen molar-refractivity contribution in [1.29, 1.82) is 0 Å². The second kappa shape index (κ2) is 10.3. The molecule has 0 radical (unpaired) electrons. The Morgan fingerprint density at radius 2 is 1.89 bits per heavy atom. The summed E-state index contributed by atoms with van der Waals surface area (Å²) < 4.78 is 6.04. The molecule has 0 aromatic heterocycles. The standard InChI is InChI=1S/C25H38O2/c1-5-6-7-11-14-23(26)16-18-25(4)17-15-22(24(25,2)3)20-27-19-21-12-9-8-10-13-21/h8-10,12-13,22-23,26H,5-7,11,14-15,17,19-20H2,1-4H3/t22-,23-,25+/m1/s1. The molecular weight excluding hydrogens is 332 g/mol. The smallest absolute Gasteiger partial charge is 0.114 e. The van der Waals surface area contributed by atoms with Gasteiger partial charge in [0.1, 0.15) is 6.10 Å². The molecule has 2 heteroatoms. The predicted octanol–water partition coefficient (Wildman–Crippen LogP) is 5.98. The van der Waals surface area contributed by atoms with Gasteiger partial charge in [-0.15, -0.1) is 0 Å². The second-order valence-electron chi connectivity index (χ2n) is 8.92. The van der Waals surface area contributed by atoms with Crippen LogP contribution < -0.4 is 0 Å². The first-order valence-electron chi connectivity index (χ1n) is 10.7. The lowest BCUT2D eigenvalue weighted by Gasteiger charge is -2.38. The van der Waals surface area contributed by atoms with Crippen LogP contribution in [-0.2, 0) is 11.3 Å². The molecular formula is C25H38O2. The Bertz CT molecular complexity index is 610. The minimum atomic E-state index is -0.483. The van der Waals surface area contributed by atoms with E-state index in [-0.39, 0.29) is 10.8 Å². The number of unbranched alkanes of at least 4 members (excludes halogenated alkanes) is 3. The van der Waals surface area contributed by atoms with Crippen LogP contribution >= 0.6 is 0 Å². The van der Waals surface area contributed by atoms with Crippen LogP contribution in [0.15, 0.2) is 30.3 Å². The highest BCUT2D eigenvalue weighted by atomic mass is 16.5. The minimum Gasteiger partial charge on any atom is -0.380 e. The predicted molar refractivity (Wildman–Crippen MR) is 113 cm³/mol. The van der Waals surface area contributed by atoms with E-state index >= 15 is 0 Å². The lowest BCUT2D eigenvalue weighted by atomic mass is 9.66. The fourth-order valence-electron chi connectivity index (χ4n) is 4.08. The molecule has 1 aromatic carbocycles. The number of aliphatic hydroxyl groups is 1. The van der Waals surface area contributed by atoms with Crippen LogP contribution in [0.4, 0.5) is 0 Å². The molecule has 0 saturated heterocycles. The quantitative estimate of drug-likeness (QED) is 0.428. The number of ether oxygens (including phenoxy) is 1. The zero-order valence-corrected chi connectivity index (χ0v) is 17.8. The van der Waals surface area contributed by atoms with Gasteiger partial charge < -0.3 is 9.84 Å². The third kappa shape index (κ3) is 6.09. The Labute approximate surface area is 166 Å². The zero-order valence-electron chi connectivity index (χ0n) is 17.8. The SMILES string of the molecule is CCCCCC[C@@H](O)C#C[C@]1(C)CC[C@H](COCc2ccccc2)C1(C)C. The number of hydrogen-bond acceptors (Lipinski definition) is 2. The summed E-state index contributed by atoms with van der Waals surface area (Å²) in [5.74, 6) is 7.14. The molecule has 1 N–H and O–H groups in total. The second-order valence-corrected chi connectivity index (χ2v) is 8.92. The topological polar surface area (TPSA) is 29.5 Å². The van der Waals surface area contributed by atoms with Crippen molar-refractivity contribution in [2.24, 2.45) is 16.7 Å². The normalized spacial score (nSPS) is 25.0. The molecule has 1 aromatic rings. The molecule has 0 aliphatic heterocycles. The van der Waals surface area contributed by atoms with Crippen molar-refractivity contribution in [3.8, 4) is 11.8 Å². The van der Waals surface area contributed by atoms with Crippen molar-refractivity contribution >= 4 is 0 Å². The zero-order chi connectivity index (χ0) is 19.8. The molecule has 1 aliphatic carbocycles. The van der Waals surface area contributed by atoms with Crippen LogP contribution in [0.5, 0.6) is 0 Å². The Balaban J connectivity index is 1.86. The molecule has 0 amide bonds. The minimum absolute atomic E-state index is 0.0574. The van der Waals surface area contributed by atoms with E-state index in [0.29, 0.717) is 12.5 Å². The first-order valence-corrected chi connectivity index (χ1v) is 10.7. The van der Waals surface area contributed by atoms with Gasteiger partial charge in [-0.25, -0.2) is 0 Å². The van der Waals surface area contributed by atoms with Gasteiger partial charge in [-0.3, -0.25) is 0 Å².